The number of carbonyl (C=O) groups is 1. The molecule has 0 unspecified atom stereocenters. The van der Waals surface area contributed by atoms with Crippen molar-refractivity contribution >= 4 is 11.5 Å². The van der Waals surface area contributed by atoms with Crippen molar-refractivity contribution in [3.05, 3.63) is 59.7 Å². The molecule has 0 N–H and O–H groups in total. The van der Waals surface area contributed by atoms with E-state index in [2.05, 4.69) is 43.6 Å². The molecule has 1 aromatic carbocycles. The van der Waals surface area contributed by atoms with Crippen molar-refractivity contribution in [3.63, 3.8) is 0 Å². The molecule has 1 rings (SSSR count). The maximum atomic E-state index is 11.4. The van der Waals surface area contributed by atoms with Gasteiger partial charge in [0.05, 0.1) is 0 Å². The van der Waals surface area contributed by atoms with Crippen molar-refractivity contribution in [1.29, 1.82) is 0 Å². The van der Waals surface area contributed by atoms with Crippen LogP contribution in [0.3, 0.4) is 0 Å². The molecule has 0 radical (unpaired) electrons. The Balaban J connectivity index is 2.82. The van der Waals surface area contributed by atoms with Gasteiger partial charge in [-0.3, -0.25) is 9.79 Å². The second-order valence-corrected chi connectivity index (χ2v) is 4.15. The number of aryl methyl sites for hydroxylation is 2. The third-order valence-electron chi connectivity index (χ3n) is 2.92. The Hall–Kier alpha value is -1.96. The fraction of sp³-hybridized carbons (Fsp3) is 0.250. The van der Waals surface area contributed by atoms with Crippen molar-refractivity contribution in [2.45, 2.75) is 20.3 Å². The van der Waals surface area contributed by atoms with Crippen LogP contribution in [-0.4, -0.2) is 18.5 Å². The number of allylic oxidation sites excluding steroid dienone is 3. The molecule has 94 valence electrons. The fourth-order valence-electron chi connectivity index (χ4n) is 1.83. The summed E-state index contributed by atoms with van der Waals surface area (Å²) >= 11 is 0. The van der Waals surface area contributed by atoms with E-state index in [9.17, 15) is 4.79 Å². The van der Waals surface area contributed by atoms with Gasteiger partial charge >= 0.3 is 0 Å². The van der Waals surface area contributed by atoms with Crippen molar-refractivity contribution in [3.8, 4) is 0 Å². The lowest BCUT2D eigenvalue weighted by Gasteiger charge is -2.06. The third kappa shape index (κ3) is 3.52. The molecule has 0 spiro atoms. The molecule has 0 atom stereocenters. The summed E-state index contributed by atoms with van der Waals surface area (Å²) in [6, 6.07) is 6.25. The van der Waals surface area contributed by atoms with Crippen LogP contribution in [0.5, 0.6) is 0 Å². The monoisotopic (exact) mass is 241 g/mol. The van der Waals surface area contributed by atoms with Gasteiger partial charge in [0.25, 0.3) is 0 Å². The largest absolute Gasteiger partial charge is 0.288 e. The lowest BCUT2D eigenvalue weighted by atomic mass is 10.00. The molecular formula is C16H19NO. The first-order chi connectivity index (χ1) is 8.60. The average Bonchev–Trinajstić information content (AvgIpc) is 2.37. The SMILES string of the molecule is C=CC(=O)C(/C=C\Cc1c(C)cccc1C)=NC. The molecule has 2 nitrogen and oxygen atoms in total. The summed E-state index contributed by atoms with van der Waals surface area (Å²) in [6.45, 7) is 7.65. The van der Waals surface area contributed by atoms with Crippen LogP contribution in [0.15, 0.2) is 48.0 Å². The van der Waals surface area contributed by atoms with Crippen molar-refractivity contribution < 1.29 is 4.79 Å². The molecule has 0 fully saturated rings. The van der Waals surface area contributed by atoms with E-state index in [0.29, 0.717) is 5.71 Å². The molecule has 0 aliphatic heterocycles. The number of aliphatic imine (C=N–C) groups is 1. The lowest BCUT2D eigenvalue weighted by Crippen LogP contribution is -2.07. The normalized spacial score (nSPS) is 11.8. The van der Waals surface area contributed by atoms with Crippen LogP contribution < -0.4 is 0 Å². The summed E-state index contributed by atoms with van der Waals surface area (Å²) in [5.74, 6) is -0.143. The van der Waals surface area contributed by atoms with Gasteiger partial charge in [0.1, 0.15) is 5.71 Å². The topological polar surface area (TPSA) is 29.4 Å². The number of hydrogen-bond donors (Lipinski definition) is 0. The molecule has 0 aromatic heterocycles. The summed E-state index contributed by atoms with van der Waals surface area (Å²) in [7, 11) is 1.61. The van der Waals surface area contributed by atoms with E-state index in [-0.39, 0.29) is 5.78 Å². The van der Waals surface area contributed by atoms with Crippen molar-refractivity contribution in [2.24, 2.45) is 4.99 Å². The first-order valence-electron chi connectivity index (χ1n) is 5.95. The van der Waals surface area contributed by atoms with Crippen LogP contribution in [-0.2, 0) is 11.2 Å². The minimum atomic E-state index is -0.143. The molecule has 18 heavy (non-hydrogen) atoms. The molecule has 0 amide bonds. The highest BCUT2D eigenvalue weighted by Crippen LogP contribution is 2.14. The van der Waals surface area contributed by atoms with E-state index in [4.69, 9.17) is 0 Å². The second kappa shape index (κ2) is 6.70. The molecule has 1 aromatic rings. The maximum absolute atomic E-state index is 11.4. The molecule has 0 aliphatic rings. The second-order valence-electron chi connectivity index (χ2n) is 4.15. The highest BCUT2D eigenvalue weighted by Gasteiger charge is 2.02. The van der Waals surface area contributed by atoms with Gasteiger partial charge in [0.15, 0.2) is 0 Å². The van der Waals surface area contributed by atoms with Crippen LogP contribution in [0.25, 0.3) is 0 Å². The predicted molar refractivity (Wildman–Crippen MR) is 77.3 cm³/mol. The summed E-state index contributed by atoms with van der Waals surface area (Å²) in [6.07, 6.45) is 5.82. The standard InChI is InChI=1S/C16H19NO/c1-5-16(18)15(17-4)11-7-10-14-12(2)8-6-9-13(14)3/h5-9,11H,1,10H2,2-4H3/b11-7-,17-15?. The highest BCUT2D eigenvalue weighted by atomic mass is 16.1. The van der Waals surface area contributed by atoms with E-state index < -0.39 is 0 Å². The Labute approximate surface area is 109 Å². The number of ketones is 1. The first-order valence-corrected chi connectivity index (χ1v) is 5.95. The van der Waals surface area contributed by atoms with Gasteiger partial charge in [0.2, 0.25) is 5.78 Å². The van der Waals surface area contributed by atoms with Crippen LogP contribution in [0.1, 0.15) is 16.7 Å². The smallest absolute Gasteiger partial charge is 0.203 e. The Morgan fingerprint density at radius 2 is 1.94 bits per heavy atom. The quantitative estimate of drug-likeness (QED) is 0.575. The predicted octanol–water partition coefficient (Wildman–Crippen LogP) is 3.23. The minimum Gasteiger partial charge on any atom is -0.288 e. The van der Waals surface area contributed by atoms with Crippen LogP contribution >= 0.6 is 0 Å². The fourth-order valence-corrected chi connectivity index (χ4v) is 1.83. The Kier molecular flexibility index (Phi) is 5.25. The number of hydrogen-bond acceptors (Lipinski definition) is 2. The van der Waals surface area contributed by atoms with Crippen molar-refractivity contribution in [1.82, 2.24) is 0 Å². The van der Waals surface area contributed by atoms with Gasteiger partial charge in [-0.25, -0.2) is 0 Å². The molecule has 0 bridgehead atoms. The van der Waals surface area contributed by atoms with Crippen molar-refractivity contribution in [2.75, 3.05) is 7.05 Å². The van der Waals surface area contributed by atoms with E-state index in [1.807, 2.05) is 6.08 Å². The number of rotatable bonds is 5. The molecule has 0 aliphatic carbocycles. The zero-order valence-corrected chi connectivity index (χ0v) is 11.2. The Morgan fingerprint density at radius 1 is 1.33 bits per heavy atom. The van der Waals surface area contributed by atoms with Gasteiger partial charge in [-0.2, -0.15) is 0 Å². The maximum Gasteiger partial charge on any atom is 0.203 e. The molecule has 0 heterocycles. The number of nitrogens with zero attached hydrogens (tertiary/aromatic N) is 1. The van der Waals surface area contributed by atoms with E-state index in [1.54, 1.807) is 13.1 Å². The number of carbonyl (C=O) groups excluding carboxylic acids is 1. The minimum absolute atomic E-state index is 0.143. The van der Waals surface area contributed by atoms with Gasteiger partial charge in [-0.15, -0.1) is 0 Å². The third-order valence-corrected chi connectivity index (χ3v) is 2.92. The molecular weight excluding hydrogens is 222 g/mol. The van der Waals surface area contributed by atoms with E-state index >= 15 is 0 Å². The zero-order chi connectivity index (χ0) is 13.5. The summed E-state index contributed by atoms with van der Waals surface area (Å²) in [5.41, 5.74) is 4.28. The van der Waals surface area contributed by atoms with Crippen LogP contribution in [0.2, 0.25) is 0 Å². The number of benzene rings is 1. The lowest BCUT2D eigenvalue weighted by molar-refractivity contribution is -0.108. The Bertz CT molecular complexity index is 490. The van der Waals surface area contributed by atoms with Gasteiger partial charge in [-0.1, -0.05) is 30.9 Å². The zero-order valence-electron chi connectivity index (χ0n) is 11.2. The highest BCUT2D eigenvalue weighted by molar-refractivity contribution is 6.47. The summed E-state index contributed by atoms with van der Waals surface area (Å²) < 4.78 is 0. The molecule has 0 saturated heterocycles. The average molecular weight is 241 g/mol. The first kappa shape index (κ1) is 14.1. The van der Waals surface area contributed by atoms with Crippen LogP contribution in [0, 0.1) is 13.8 Å². The molecule has 0 saturated carbocycles. The summed E-state index contributed by atoms with van der Waals surface area (Å²) in [5, 5.41) is 0. The van der Waals surface area contributed by atoms with Gasteiger partial charge in [0, 0.05) is 7.05 Å². The summed E-state index contributed by atoms with van der Waals surface area (Å²) in [4.78, 5) is 15.4. The van der Waals surface area contributed by atoms with E-state index in [1.165, 1.54) is 22.8 Å². The Morgan fingerprint density at radius 3 is 2.44 bits per heavy atom. The van der Waals surface area contributed by atoms with Crippen LogP contribution in [0.4, 0.5) is 0 Å². The van der Waals surface area contributed by atoms with Gasteiger partial charge in [-0.05, 0) is 49.1 Å². The molecule has 2 heteroatoms. The van der Waals surface area contributed by atoms with E-state index in [0.717, 1.165) is 6.42 Å². The van der Waals surface area contributed by atoms with Gasteiger partial charge < -0.3 is 0 Å².